The van der Waals surface area contributed by atoms with Crippen LogP contribution in [0.15, 0.2) is 18.2 Å². The number of hydrogen-bond acceptors (Lipinski definition) is 2. The van der Waals surface area contributed by atoms with E-state index in [1.165, 1.54) is 0 Å². The topological polar surface area (TPSA) is 56.1 Å². The summed E-state index contributed by atoms with van der Waals surface area (Å²) in [6.07, 6.45) is 0.907. The van der Waals surface area contributed by atoms with Crippen molar-refractivity contribution in [3.63, 3.8) is 0 Å². The fourth-order valence-electron chi connectivity index (χ4n) is 1.88. The van der Waals surface area contributed by atoms with Gasteiger partial charge in [0.05, 0.1) is 11.3 Å². The number of nitrogens with one attached hydrogen (secondary N) is 1. The van der Waals surface area contributed by atoms with E-state index in [0.717, 1.165) is 12.0 Å². The van der Waals surface area contributed by atoms with E-state index in [2.05, 4.69) is 11.4 Å². The van der Waals surface area contributed by atoms with Crippen molar-refractivity contribution >= 4 is 11.7 Å². The molecular weight excluding hydrogens is 202 g/mol. The summed E-state index contributed by atoms with van der Waals surface area (Å²) in [5.74, 6) is 0. The fraction of sp³-hybridized carbons (Fsp3) is 0.333. The second kappa shape index (κ2) is 4.23. The standard InChI is InChI=1S/C12H13N3O/c1-9-4-2-5-11(10(9)8-13)15-7-3-6-14-12(15)16/h2,4-5H,3,6-7H2,1H3,(H,14,16). The van der Waals surface area contributed by atoms with Crippen molar-refractivity contribution in [2.24, 2.45) is 0 Å². The maximum absolute atomic E-state index is 11.7. The summed E-state index contributed by atoms with van der Waals surface area (Å²) in [7, 11) is 0. The van der Waals surface area contributed by atoms with E-state index >= 15 is 0 Å². The number of benzene rings is 1. The van der Waals surface area contributed by atoms with Gasteiger partial charge in [-0.3, -0.25) is 4.90 Å². The number of urea groups is 1. The number of anilines is 1. The highest BCUT2D eigenvalue weighted by Crippen LogP contribution is 2.24. The second-order valence-electron chi connectivity index (χ2n) is 3.82. The molecule has 2 amide bonds. The molecule has 82 valence electrons. The summed E-state index contributed by atoms with van der Waals surface area (Å²) in [4.78, 5) is 13.3. The Hall–Kier alpha value is -2.02. The predicted octanol–water partition coefficient (Wildman–Crippen LogP) is 1.79. The molecule has 0 spiro atoms. The van der Waals surface area contributed by atoms with Gasteiger partial charge < -0.3 is 5.32 Å². The SMILES string of the molecule is Cc1cccc(N2CCCNC2=O)c1C#N. The first-order valence-electron chi connectivity index (χ1n) is 5.29. The van der Waals surface area contributed by atoms with Crippen LogP contribution in [-0.2, 0) is 0 Å². The van der Waals surface area contributed by atoms with Crippen LogP contribution in [0.5, 0.6) is 0 Å². The number of aryl methyl sites for hydroxylation is 1. The van der Waals surface area contributed by atoms with Crippen molar-refractivity contribution < 1.29 is 4.79 Å². The highest BCUT2D eigenvalue weighted by molar-refractivity contribution is 5.94. The van der Waals surface area contributed by atoms with Crippen molar-refractivity contribution in [3.05, 3.63) is 29.3 Å². The molecular formula is C12H13N3O. The van der Waals surface area contributed by atoms with Gasteiger partial charge in [-0.15, -0.1) is 0 Å². The Kier molecular flexibility index (Phi) is 2.78. The lowest BCUT2D eigenvalue weighted by atomic mass is 10.1. The summed E-state index contributed by atoms with van der Waals surface area (Å²) < 4.78 is 0. The van der Waals surface area contributed by atoms with Gasteiger partial charge in [-0.05, 0) is 25.0 Å². The van der Waals surface area contributed by atoms with Crippen LogP contribution in [0.25, 0.3) is 0 Å². The molecule has 1 aromatic rings. The lowest BCUT2D eigenvalue weighted by Crippen LogP contribution is -2.46. The van der Waals surface area contributed by atoms with Gasteiger partial charge in [0.2, 0.25) is 0 Å². The molecule has 16 heavy (non-hydrogen) atoms. The number of carbonyl (C=O) groups excluding carboxylic acids is 1. The Morgan fingerprint density at radius 3 is 3.00 bits per heavy atom. The molecule has 4 heteroatoms. The molecule has 4 nitrogen and oxygen atoms in total. The maximum Gasteiger partial charge on any atom is 0.321 e. The minimum Gasteiger partial charge on any atom is -0.338 e. The smallest absolute Gasteiger partial charge is 0.321 e. The largest absolute Gasteiger partial charge is 0.338 e. The minimum absolute atomic E-state index is 0.117. The van der Waals surface area contributed by atoms with Crippen molar-refractivity contribution in [2.75, 3.05) is 18.0 Å². The van der Waals surface area contributed by atoms with Crippen LogP contribution < -0.4 is 10.2 Å². The molecule has 1 saturated heterocycles. The third-order valence-electron chi connectivity index (χ3n) is 2.73. The zero-order chi connectivity index (χ0) is 11.5. The van der Waals surface area contributed by atoms with Gasteiger partial charge in [-0.25, -0.2) is 4.79 Å². The summed E-state index contributed by atoms with van der Waals surface area (Å²) in [6, 6.07) is 7.61. The third kappa shape index (κ3) is 1.72. The first kappa shape index (κ1) is 10.5. The van der Waals surface area contributed by atoms with Gasteiger partial charge in [-0.2, -0.15) is 5.26 Å². The van der Waals surface area contributed by atoms with Crippen LogP contribution in [0.3, 0.4) is 0 Å². The Balaban J connectivity index is 2.43. The van der Waals surface area contributed by atoms with Crippen molar-refractivity contribution in [3.8, 4) is 6.07 Å². The molecule has 1 aliphatic heterocycles. The Labute approximate surface area is 94.5 Å². The summed E-state index contributed by atoms with van der Waals surface area (Å²) in [6.45, 7) is 3.26. The van der Waals surface area contributed by atoms with Crippen molar-refractivity contribution in [1.82, 2.24) is 5.32 Å². The van der Waals surface area contributed by atoms with Gasteiger partial charge in [-0.1, -0.05) is 12.1 Å². The lowest BCUT2D eigenvalue weighted by molar-refractivity contribution is 0.243. The Morgan fingerprint density at radius 1 is 1.50 bits per heavy atom. The van der Waals surface area contributed by atoms with Crippen LogP contribution in [0.2, 0.25) is 0 Å². The molecule has 0 atom stereocenters. The molecule has 1 aliphatic rings. The molecule has 2 rings (SSSR count). The van der Waals surface area contributed by atoms with Crippen LogP contribution in [0.1, 0.15) is 17.5 Å². The van der Waals surface area contributed by atoms with Gasteiger partial charge in [0.15, 0.2) is 0 Å². The number of nitriles is 1. The monoisotopic (exact) mass is 215 g/mol. The maximum atomic E-state index is 11.7. The molecule has 0 radical (unpaired) electrons. The van der Waals surface area contributed by atoms with E-state index in [9.17, 15) is 4.79 Å². The molecule has 1 heterocycles. The molecule has 0 bridgehead atoms. The molecule has 1 fully saturated rings. The van der Waals surface area contributed by atoms with Crippen molar-refractivity contribution in [2.45, 2.75) is 13.3 Å². The minimum atomic E-state index is -0.117. The Bertz CT molecular complexity index is 462. The number of carbonyl (C=O) groups is 1. The zero-order valence-corrected chi connectivity index (χ0v) is 9.16. The highest BCUT2D eigenvalue weighted by atomic mass is 16.2. The number of amides is 2. The quantitative estimate of drug-likeness (QED) is 0.776. The average molecular weight is 215 g/mol. The number of rotatable bonds is 1. The number of nitrogens with zero attached hydrogens (tertiary/aromatic N) is 2. The summed E-state index contributed by atoms with van der Waals surface area (Å²) in [5.41, 5.74) is 2.19. The Morgan fingerprint density at radius 2 is 2.31 bits per heavy atom. The van der Waals surface area contributed by atoms with Crippen LogP contribution >= 0.6 is 0 Å². The summed E-state index contributed by atoms with van der Waals surface area (Å²) >= 11 is 0. The fourth-order valence-corrected chi connectivity index (χ4v) is 1.88. The van der Waals surface area contributed by atoms with Gasteiger partial charge in [0, 0.05) is 13.1 Å². The van der Waals surface area contributed by atoms with Crippen LogP contribution in [-0.4, -0.2) is 19.1 Å². The average Bonchev–Trinajstić information content (AvgIpc) is 2.29. The molecule has 1 aromatic carbocycles. The molecule has 1 N–H and O–H groups in total. The van der Waals surface area contributed by atoms with Crippen LogP contribution in [0, 0.1) is 18.3 Å². The zero-order valence-electron chi connectivity index (χ0n) is 9.16. The molecule has 0 unspecified atom stereocenters. The van der Waals surface area contributed by atoms with E-state index in [1.54, 1.807) is 4.90 Å². The second-order valence-corrected chi connectivity index (χ2v) is 3.82. The van der Waals surface area contributed by atoms with Gasteiger partial charge >= 0.3 is 6.03 Å². The summed E-state index contributed by atoms with van der Waals surface area (Å²) in [5, 5.41) is 11.9. The van der Waals surface area contributed by atoms with Crippen molar-refractivity contribution in [1.29, 1.82) is 5.26 Å². The normalized spacial score (nSPS) is 15.5. The first-order valence-corrected chi connectivity index (χ1v) is 5.29. The molecule has 0 aliphatic carbocycles. The predicted molar refractivity (Wildman–Crippen MR) is 61.3 cm³/mol. The first-order chi connectivity index (χ1) is 7.74. The molecule has 0 saturated carbocycles. The van der Waals surface area contributed by atoms with E-state index < -0.39 is 0 Å². The highest BCUT2D eigenvalue weighted by Gasteiger charge is 2.21. The van der Waals surface area contributed by atoms with E-state index in [-0.39, 0.29) is 6.03 Å². The third-order valence-corrected chi connectivity index (χ3v) is 2.73. The van der Waals surface area contributed by atoms with E-state index in [1.807, 2.05) is 25.1 Å². The van der Waals surface area contributed by atoms with E-state index in [4.69, 9.17) is 5.26 Å². The van der Waals surface area contributed by atoms with E-state index in [0.29, 0.717) is 24.3 Å². The van der Waals surface area contributed by atoms with Gasteiger partial charge in [0.1, 0.15) is 6.07 Å². The van der Waals surface area contributed by atoms with Crippen LogP contribution in [0.4, 0.5) is 10.5 Å². The lowest BCUT2D eigenvalue weighted by Gasteiger charge is -2.28. The molecule has 0 aromatic heterocycles. The van der Waals surface area contributed by atoms with Gasteiger partial charge in [0.25, 0.3) is 0 Å². The number of hydrogen-bond donors (Lipinski definition) is 1.